The van der Waals surface area contributed by atoms with Gasteiger partial charge in [0.05, 0.1) is 7.11 Å². The highest BCUT2D eigenvalue weighted by molar-refractivity contribution is 5.91. The lowest BCUT2D eigenvalue weighted by Crippen LogP contribution is -2.63. The summed E-state index contributed by atoms with van der Waals surface area (Å²) < 4.78 is 4.46. The standard InChI is InChI=1S/C12H24N4O4/c1-5-6-7-14-11(19)15-8(2)9(17)16-12(3,13)10(18)20-4/h8H,5-7,13H2,1-4H3,(H,16,17)(H2,14,15,19)/t8?,12-/m0/s1. The van der Waals surface area contributed by atoms with Gasteiger partial charge in [-0.05, 0) is 20.3 Å². The van der Waals surface area contributed by atoms with Crippen molar-refractivity contribution in [1.29, 1.82) is 0 Å². The molecule has 8 nitrogen and oxygen atoms in total. The number of urea groups is 1. The quantitative estimate of drug-likeness (QED) is 0.284. The van der Waals surface area contributed by atoms with Gasteiger partial charge < -0.3 is 20.7 Å². The first-order chi connectivity index (χ1) is 9.24. The van der Waals surface area contributed by atoms with E-state index in [1.54, 1.807) is 0 Å². The zero-order valence-electron chi connectivity index (χ0n) is 12.4. The van der Waals surface area contributed by atoms with Gasteiger partial charge in [0.2, 0.25) is 5.91 Å². The maximum absolute atomic E-state index is 11.8. The number of carbonyl (C=O) groups is 3. The lowest BCUT2D eigenvalue weighted by atomic mass is 10.2. The Morgan fingerprint density at radius 3 is 2.45 bits per heavy atom. The highest BCUT2D eigenvalue weighted by atomic mass is 16.5. The van der Waals surface area contributed by atoms with E-state index in [0.29, 0.717) is 6.54 Å². The Morgan fingerprint density at radius 1 is 1.35 bits per heavy atom. The third-order valence-electron chi connectivity index (χ3n) is 2.55. The van der Waals surface area contributed by atoms with Crippen LogP contribution in [0.25, 0.3) is 0 Å². The van der Waals surface area contributed by atoms with E-state index in [1.807, 2.05) is 6.92 Å². The molecule has 0 fully saturated rings. The predicted octanol–water partition coefficient (Wildman–Crippen LogP) is -0.562. The van der Waals surface area contributed by atoms with Crippen LogP contribution >= 0.6 is 0 Å². The number of hydrogen-bond donors (Lipinski definition) is 4. The molecule has 0 aromatic carbocycles. The van der Waals surface area contributed by atoms with Crippen LogP contribution in [0.15, 0.2) is 0 Å². The summed E-state index contributed by atoms with van der Waals surface area (Å²) in [5.74, 6) is -1.35. The molecular weight excluding hydrogens is 264 g/mol. The van der Waals surface area contributed by atoms with Gasteiger partial charge in [-0.1, -0.05) is 13.3 Å². The predicted molar refractivity (Wildman–Crippen MR) is 73.7 cm³/mol. The van der Waals surface area contributed by atoms with Gasteiger partial charge in [0.25, 0.3) is 0 Å². The highest BCUT2D eigenvalue weighted by Gasteiger charge is 2.33. The normalized spacial score (nSPS) is 14.7. The van der Waals surface area contributed by atoms with Gasteiger partial charge in [-0.3, -0.25) is 10.5 Å². The molecule has 116 valence electrons. The summed E-state index contributed by atoms with van der Waals surface area (Å²) in [5, 5.41) is 7.36. The van der Waals surface area contributed by atoms with Gasteiger partial charge in [0.1, 0.15) is 6.04 Å². The summed E-state index contributed by atoms with van der Waals surface area (Å²) >= 11 is 0. The lowest BCUT2D eigenvalue weighted by molar-refractivity contribution is -0.150. The van der Waals surface area contributed by atoms with Crippen LogP contribution in [-0.4, -0.2) is 43.3 Å². The van der Waals surface area contributed by atoms with Crippen molar-refractivity contribution >= 4 is 17.9 Å². The average molecular weight is 288 g/mol. The maximum atomic E-state index is 11.8. The second-order valence-corrected chi connectivity index (χ2v) is 4.66. The average Bonchev–Trinajstić information content (AvgIpc) is 2.37. The zero-order chi connectivity index (χ0) is 15.8. The van der Waals surface area contributed by atoms with Crippen molar-refractivity contribution in [3.63, 3.8) is 0 Å². The minimum atomic E-state index is -1.64. The molecule has 0 aliphatic rings. The first-order valence-electron chi connectivity index (χ1n) is 6.48. The van der Waals surface area contributed by atoms with Crippen LogP contribution < -0.4 is 21.7 Å². The van der Waals surface area contributed by atoms with Crippen molar-refractivity contribution in [1.82, 2.24) is 16.0 Å². The zero-order valence-corrected chi connectivity index (χ0v) is 12.4. The fourth-order valence-corrected chi connectivity index (χ4v) is 1.32. The molecule has 0 rings (SSSR count). The van der Waals surface area contributed by atoms with Crippen molar-refractivity contribution in [3.8, 4) is 0 Å². The monoisotopic (exact) mass is 288 g/mol. The molecule has 0 heterocycles. The van der Waals surface area contributed by atoms with E-state index in [1.165, 1.54) is 21.0 Å². The summed E-state index contributed by atoms with van der Waals surface area (Å²) in [6, 6.07) is -1.28. The number of hydrogen-bond acceptors (Lipinski definition) is 5. The molecule has 3 amide bonds. The second kappa shape index (κ2) is 8.36. The number of amides is 3. The number of nitrogens with one attached hydrogen (secondary N) is 3. The smallest absolute Gasteiger partial charge is 0.346 e. The Balaban J connectivity index is 4.28. The van der Waals surface area contributed by atoms with Crippen LogP contribution in [0.2, 0.25) is 0 Å². The summed E-state index contributed by atoms with van der Waals surface area (Å²) in [7, 11) is 1.17. The molecule has 0 aromatic rings. The molecule has 20 heavy (non-hydrogen) atoms. The van der Waals surface area contributed by atoms with Crippen molar-refractivity contribution in [3.05, 3.63) is 0 Å². The number of rotatable bonds is 7. The number of ether oxygens (including phenoxy) is 1. The summed E-state index contributed by atoms with van der Waals surface area (Å²) in [6.45, 7) is 5.34. The van der Waals surface area contributed by atoms with Crippen LogP contribution in [0.4, 0.5) is 4.79 Å². The van der Waals surface area contributed by atoms with Crippen LogP contribution in [0.1, 0.15) is 33.6 Å². The molecule has 0 aliphatic carbocycles. The molecule has 2 atom stereocenters. The van der Waals surface area contributed by atoms with Gasteiger partial charge in [0, 0.05) is 6.54 Å². The van der Waals surface area contributed by atoms with Gasteiger partial charge in [0.15, 0.2) is 5.66 Å². The molecule has 0 bridgehead atoms. The molecule has 0 saturated heterocycles. The van der Waals surface area contributed by atoms with Gasteiger partial charge >= 0.3 is 12.0 Å². The lowest BCUT2D eigenvalue weighted by Gasteiger charge is -2.25. The van der Waals surface area contributed by atoms with Crippen LogP contribution in [0, 0.1) is 0 Å². The Bertz CT molecular complexity index is 357. The third-order valence-corrected chi connectivity index (χ3v) is 2.55. The molecular formula is C12H24N4O4. The third kappa shape index (κ3) is 6.37. The summed E-state index contributed by atoms with van der Waals surface area (Å²) in [5.41, 5.74) is 3.97. The highest BCUT2D eigenvalue weighted by Crippen LogP contribution is 1.98. The summed E-state index contributed by atoms with van der Waals surface area (Å²) in [6.07, 6.45) is 1.82. The maximum Gasteiger partial charge on any atom is 0.346 e. The van der Waals surface area contributed by atoms with Crippen LogP contribution in [0.3, 0.4) is 0 Å². The minimum absolute atomic E-state index is 0.446. The van der Waals surface area contributed by atoms with E-state index in [4.69, 9.17) is 5.73 Å². The topological polar surface area (TPSA) is 123 Å². The second-order valence-electron chi connectivity index (χ2n) is 4.66. The largest absolute Gasteiger partial charge is 0.466 e. The van der Waals surface area contributed by atoms with E-state index in [9.17, 15) is 14.4 Å². The van der Waals surface area contributed by atoms with E-state index in [0.717, 1.165) is 12.8 Å². The van der Waals surface area contributed by atoms with Gasteiger partial charge in [-0.2, -0.15) is 0 Å². The van der Waals surface area contributed by atoms with E-state index >= 15 is 0 Å². The Kier molecular flexibility index (Phi) is 7.60. The van der Waals surface area contributed by atoms with Crippen molar-refractivity contribution in [2.45, 2.75) is 45.3 Å². The molecule has 5 N–H and O–H groups in total. The van der Waals surface area contributed by atoms with Gasteiger partial charge in [-0.15, -0.1) is 0 Å². The fourth-order valence-electron chi connectivity index (χ4n) is 1.32. The Labute approximate surface area is 118 Å². The Hall–Kier alpha value is -1.83. The molecule has 0 aromatic heterocycles. The van der Waals surface area contributed by atoms with Crippen LogP contribution in [0.5, 0.6) is 0 Å². The SMILES string of the molecule is CCCCNC(=O)NC(C)C(=O)N[C@](C)(N)C(=O)OC. The molecule has 1 unspecified atom stereocenters. The van der Waals surface area contributed by atoms with Crippen molar-refractivity contribution in [2.24, 2.45) is 5.73 Å². The Morgan fingerprint density at radius 2 is 1.95 bits per heavy atom. The van der Waals surface area contributed by atoms with Crippen molar-refractivity contribution < 1.29 is 19.1 Å². The number of esters is 1. The van der Waals surface area contributed by atoms with Crippen LogP contribution in [-0.2, 0) is 14.3 Å². The molecule has 0 aliphatic heterocycles. The van der Waals surface area contributed by atoms with Crippen molar-refractivity contribution in [2.75, 3.05) is 13.7 Å². The first-order valence-corrected chi connectivity index (χ1v) is 6.48. The molecule has 0 spiro atoms. The molecule has 0 radical (unpaired) electrons. The number of methoxy groups -OCH3 is 1. The summed E-state index contributed by atoms with van der Waals surface area (Å²) in [4.78, 5) is 34.6. The number of carbonyl (C=O) groups excluding carboxylic acids is 3. The molecule has 8 heteroatoms. The van der Waals surface area contributed by atoms with E-state index in [2.05, 4.69) is 20.7 Å². The minimum Gasteiger partial charge on any atom is -0.466 e. The fraction of sp³-hybridized carbons (Fsp3) is 0.750. The van der Waals surface area contributed by atoms with Gasteiger partial charge in [-0.25, -0.2) is 9.59 Å². The molecule has 0 saturated carbocycles. The first kappa shape index (κ1) is 18.2. The number of unbranched alkanes of at least 4 members (excludes halogenated alkanes) is 1. The van der Waals surface area contributed by atoms with E-state index in [-0.39, 0.29) is 0 Å². The van der Waals surface area contributed by atoms with E-state index < -0.39 is 29.6 Å². The number of nitrogens with two attached hydrogens (primary N) is 1.